The van der Waals surface area contributed by atoms with Crippen LogP contribution in [0.1, 0.15) is 52.9 Å². The van der Waals surface area contributed by atoms with E-state index in [0.717, 1.165) is 25.7 Å². The average molecular weight is 271 g/mol. The van der Waals surface area contributed by atoms with Gasteiger partial charge in [0.1, 0.15) is 0 Å². The minimum Gasteiger partial charge on any atom is -0.356 e. The Morgan fingerprint density at radius 3 is 2.05 bits per heavy atom. The van der Waals surface area contributed by atoms with Crippen molar-refractivity contribution in [2.24, 2.45) is 11.1 Å². The third-order valence-corrected chi connectivity index (χ3v) is 3.34. The van der Waals surface area contributed by atoms with E-state index in [4.69, 9.17) is 5.73 Å². The van der Waals surface area contributed by atoms with Gasteiger partial charge in [-0.1, -0.05) is 26.7 Å². The van der Waals surface area contributed by atoms with E-state index >= 15 is 0 Å². The molecule has 5 heteroatoms. The van der Waals surface area contributed by atoms with Gasteiger partial charge in [0.25, 0.3) is 0 Å². The number of rotatable bonds is 10. The molecule has 0 aromatic heterocycles. The van der Waals surface area contributed by atoms with Crippen LogP contribution >= 0.6 is 0 Å². The summed E-state index contributed by atoms with van der Waals surface area (Å²) in [7, 11) is 0. The first-order valence-electron chi connectivity index (χ1n) is 7.31. The summed E-state index contributed by atoms with van der Waals surface area (Å²) in [6.45, 7) is 7.34. The summed E-state index contributed by atoms with van der Waals surface area (Å²) >= 11 is 0. The molecule has 0 aliphatic rings. The second kappa shape index (κ2) is 9.78. The number of carbonyl (C=O) groups excluding carboxylic acids is 2. The molecule has 0 rings (SSSR count). The molecule has 0 aliphatic carbocycles. The van der Waals surface area contributed by atoms with E-state index in [1.165, 1.54) is 0 Å². The minimum atomic E-state index is -0.468. The molecule has 2 amide bonds. The van der Waals surface area contributed by atoms with Crippen molar-refractivity contribution in [1.82, 2.24) is 10.6 Å². The topological polar surface area (TPSA) is 84.2 Å². The fourth-order valence-corrected chi connectivity index (χ4v) is 2.37. The molecule has 112 valence electrons. The van der Waals surface area contributed by atoms with Gasteiger partial charge < -0.3 is 16.4 Å². The van der Waals surface area contributed by atoms with Gasteiger partial charge in [0, 0.05) is 26.1 Å². The summed E-state index contributed by atoms with van der Waals surface area (Å²) in [6.07, 6.45) is 3.77. The molecular weight excluding hydrogens is 242 g/mol. The monoisotopic (exact) mass is 271 g/mol. The van der Waals surface area contributed by atoms with E-state index in [0.29, 0.717) is 26.1 Å². The average Bonchev–Trinajstić information content (AvgIpc) is 2.38. The lowest BCUT2D eigenvalue weighted by atomic mass is 9.78. The van der Waals surface area contributed by atoms with Crippen LogP contribution in [0.25, 0.3) is 0 Å². The molecule has 0 aliphatic heterocycles. The smallest absolute Gasteiger partial charge is 0.227 e. The van der Waals surface area contributed by atoms with Crippen molar-refractivity contribution in [2.45, 2.75) is 52.9 Å². The molecule has 0 atom stereocenters. The van der Waals surface area contributed by atoms with Crippen LogP contribution in [0.4, 0.5) is 0 Å². The van der Waals surface area contributed by atoms with Crippen molar-refractivity contribution >= 4 is 11.8 Å². The number of amides is 2. The molecule has 0 saturated heterocycles. The van der Waals surface area contributed by atoms with Crippen LogP contribution in [-0.4, -0.2) is 31.4 Å². The third-order valence-electron chi connectivity index (χ3n) is 3.34. The predicted molar refractivity (Wildman–Crippen MR) is 77.6 cm³/mol. The van der Waals surface area contributed by atoms with Crippen molar-refractivity contribution in [1.29, 1.82) is 0 Å². The Morgan fingerprint density at radius 2 is 1.63 bits per heavy atom. The van der Waals surface area contributed by atoms with Crippen molar-refractivity contribution in [3.05, 3.63) is 0 Å². The standard InChI is InChI=1S/C14H29N3O2/c1-4-8-14(11-15,9-5-2)13(19)17-10-7-12(18)16-6-3/h4-11,15H2,1-3H3,(H,16,18)(H,17,19). The molecule has 5 nitrogen and oxygen atoms in total. The highest BCUT2D eigenvalue weighted by molar-refractivity contribution is 5.83. The van der Waals surface area contributed by atoms with Gasteiger partial charge in [-0.05, 0) is 19.8 Å². The molecule has 0 saturated carbocycles. The van der Waals surface area contributed by atoms with Gasteiger partial charge in [-0.3, -0.25) is 9.59 Å². The maximum absolute atomic E-state index is 12.3. The van der Waals surface area contributed by atoms with Gasteiger partial charge in [0.15, 0.2) is 0 Å². The normalized spacial score (nSPS) is 11.2. The lowest BCUT2D eigenvalue weighted by Crippen LogP contribution is -2.46. The molecule has 0 aromatic carbocycles. The van der Waals surface area contributed by atoms with E-state index in [1.807, 2.05) is 6.92 Å². The minimum absolute atomic E-state index is 0.0111. The van der Waals surface area contributed by atoms with Gasteiger partial charge in [-0.2, -0.15) is 0 Å². The van der Waals surface area contributed by atoms with Gasteiger partial charge in [0.2, 0.25) is 11.8 Å². The summed E-state index contributed by atoms with van der Waals surface area (Å²) in [4.78, 5) is 23.6. The quantitative estimate of drug-likeness (QED) is 0.558. The zero-order valence-corrected chi connectivity index (χ0v) is 12.6. The largest absolute Gasteiger partial charge is 0.356 e. The maximum Gasteiger partial charge on any atom is 0.227 e. The van der Waals surface area contributed by atoms with Gasteiger partial charge >= 0.3 is 0 Å². The number of hydrogen-bond donors (Lipinski definition) is 3. The van der Waals surface area contributed by atoms with E-state index in [2.05, 4.69) is 24.5 Å². The maximum atomic E-state index is 12.3. The van der Waals surface area contributed by atoms with Crippen LogP contribution in [0.3, 0.4) is 0 Å². The van der Waals surface area contributed by atoms with Crippen molar-refractivity contribution in [3.8, 4) is 0 Å². The second-order valence-corrected chi connectivity index (χ2v) is 4.94. The first kappa shape index (κ1) is 17.9. The van der Waals surface area contributed by atoms with Crippen molar-refractivity contribution < 1.29 is 9.59 Å². The van der Waals surface area contributed by atoms with E-state index < -0.39 is 5.41 Å². The zero-order chi connectivity index (χ0) is 14.7. The molecule has 0 spiro atoms. The Bertz CT molecular complexity index is 274. The molecule has 0 bridgehead atoms. The molecule has 0 radical (unpaired) electrons. The van der Waals surface area contributed by atoms with Crippen LogP contribution in [0.5, 0.6) is 0 Å². The van der Waals surface area contributed by atoms with E-state index in [1.54, 1.807) is 0 Å². The Balaban J connectivity index is 4.35. The molecule has 0 fully saturated rings. The van der Waals surface area contributed by atoms with E-state index in [-0.39, 0.29) is 11.8 Å². The van der Waals surface area contributed by atoms with Crippen LogP contribution in [0.15, 0.2) is 0 Å². The zero-order valence-electron chi connectivity index (χ0n) is 12.6. The molecule has 0 aromatic rings. The fourth-order valence-electron chi connectivity index (χ4n) is 2.37. The summed E-state index contributed by atoms with van der Waals surface area (Å²) < 4.78 is 0. The highest BCUT2D eigenvalue weighted by Gasteiger charge is 2.34. The summed E-state index contributed by atoms with van der Waals surface area (Å²) in [5.41, 5.74) is 5.35. The predicted octanol–water partition coefficient (Wildman–Crippen LogP) is 1.17. The number of nitrogens with two attached hydrogens (primary N) is 1. The summed E-state index contributed by atoms with van der Waals surface area (Å²) in [6, 6.07) is 0. The van der Waals surface area contributed by atoms with Gasteiger partial charge in [-0.15, -0.1) is 0 Å². The highest BCUT2D eigenvalue weighted by atomic mass is 16.2. The lowest BCUT2D eigenvalue weighted by molar-refractivity contribution is -0.131. The third kappa shape index (κ3) is 6.05. The van der Waals surface area contributed by atoms with Crippen molar-refractivity contribution in [2.75, 3.05) is 19.6 Å². The Kier molecular flexibility index (Phi) is 9.21. The molecular formula is C14H29N3O2. The molecule has 4 N–H and O–H groups in total. The van der Waals surface area contributed by atoms with Crippen LogP contribution in [-0.2, 0) is 9.59 Å². The first-order chi connectivity index (χ1) is 9.06. The van der Waals surface area contributed by atoms with Gasteiger partial charge in [-0.25, -0.2) is 0 Å². The summed E-state index contributed by atoms with van der Waals surface area (Å²) in [5, 5.41) is 5.56. The highest BCUT2D eigenvalue weighted by Crippen LogP contribution is 2.28. The Hall–Kier alpha value is -1.10. The fraction of sp³-hybridized carbons (Fsp3) is 0.857. The Labute approximate surface area is 116 Å². The molecule has 19 heavy (non-hydrogen) atoms. The Morgan fingerprint density at radius 1 is 1.05 bits per heavy atom. The van der Waals surface area contributed by atoms with Crippen LogP contribution < -0.4 is 16.4 Å². The summed E-state index contributed by atoms with van der Waals surface area (Å²) in [5.74, 6) is -0.0462. The molecule has 0 heterocycles. The lowest BCUT2D eigenvalue weighted by Gasteiger charge is -2.30. The molecule has 0 unspecified atom stereocenters. The number of carbonyl (C=O) groups is 2. The van der Waals surface area contributed by atoms with E-state index in [9.17, 15) is 9.59 Å². The number of hydrogen-bond acceptors (Lipinski definition) is 3. The van der Waals surface area contributed by atoms with Crippen LogP contribution in [0, 0.1) is 5.41 Å². The SMILES string of the molecule is CCCC(CN)(CCC)C(=O)NCCC(=O)NCC. The second-order valence-electron chi connectivity index (χ2n) is 4.94. The first-order valence-corrected chi connectivity index (χ1v) is 7.31. The number of nitrogens with one attached hydrogen (secondary N) is 2. The van der Waals surface area contributed by atoms with Crippen LogP contribution in [0.2, 0.25) is 0 Å². The van der Waals surface area contributed by atoms with Gasteiger partial charge in [0.05, 0.1) is 5.41 Å². The van der Waals surface area contributed by atoms with Crippen molar-refractivity contribution in [3.63, 3.8) is 0 Å².